The van der Waals surface area contributed by atoms with Gasteiger partial charge >= 0.3 is 0 Å². The molecule has 1 aromatic rings. The fraction of sp³-hybridized carbons (Fsp3) is 0.571. The first-order chi connectivity index (χ1) is 7.74. The molecule has 0 atom stereocenters. The lowest BCUT2D eigenvalue weighted by Gasteiger charge is -2.10. The van der Waals surface area contributed by atoms with Crippen LogP contribution >= 0.6 is 0 Å². The van der Waals surface area contributed by atoms with Gasteiger partial charge in [-0.05, 0) is 31.4 Å². The van der Waals surface area contributed by atoms with Crippen molar-refractivity contribution in [2.45, 2.75) is 39.8 Å². The fourth-order valence-corrected chi connectivity index (χ4v) is 1.66. The van der Waals surface area contributed by atoms with E-state index in [0.29, 0.717) is 6.10 Å². The zero-order valence-corrected chi connectivity index (χ0v) is 10.6. The molecule has 0 saturated heterocycles. The smallest absolute Gasteiger partial charge is 0.0594 e. The molecule has 0 amide bonds. The standard InChI is InChI=1S/C14H23NO/c1-4-13-7-5-6-8-14(13)11-15-9-10-16-12(2)3/h5-8,12,15H,4,9-11H2,1-3H3. The van der Waals surface area contributed by atoms with Crippen LogP contribution < -0.4 is 5.32 Å². The molecule has 0 bridgehead atoms. The fourth-order valence-electron chi connectivity index (χ4n) is 1.66. The summed E-state index contributed by atoms with van der Waals surface area (Å²) < 4.78 is 5.47. The minimum Gasteiger partial charge on any atom is -0.377 e. The lowest BCUT2D eigenvalue weighted by molar-refractivity contribution is 0.0807. The molecule has 0 spiro atoms. The summed E-state index contributed by atoms with van der Waals surface area (Å²) in [5, 5.41) is 3.41. The topological polar surface area (TPSA) is 21.3 Å². The first kappa shape index (κ1) is 13.2. The van der Waals surface area contributed by atoms with Crippen molar-refractivity contribution in [3.8, 4) is 0 Å². The van der Waals surface area contributed by atoms with Crippen LogP contribution in [0.2, 0.25) is 0 Å². The Morgan fingerprint density at radius 3 is 2.50 bits per heavy atom. The van der Waals surface area contributed by atoms with Gasteiger partial charge in [0.2, 0.25) is 0 Å². The van der Waals surface area contributed by atoms with Crippen LogP contribution in [0.15, 0.2) is 24.3 Å². The Kier molecular flexibility index (Phi) is 6.12. The third-order valence-corrected chi connectivity index (χ3v) is 2.54. The van der Waals surface area contributed by atoms with Crippen LogP contribution in [0.5, 0.6) is 0 Å². The molecule has 0 saturated carbocycles. The second-order valence-electron chi connectivity index (χ2n) is 4.22. The molecule has 2 nitrogen and oxygen atoms in total. The second-order valence-corrected chi connectivity index (χ2v) is 4.22. The molecule has 16 heavy (non-hydrogen) atoms. The molecular formula is C14H23NO. The van der Waals surface area contributed by atoms with Crippen LogP contribution in [-0.2, 0) is 17.7 Å². The van der Waals surface area contributed by atoms with E-state index >= 15 is 0 Å². The summed E-state index contributed by atoms with van der Waals surface area (Å²) in [4.78, 5) is 0. The van der Waals surface area contributed by atoms with Crippen molar-refractivity contribution in [2.24, 2.45) is 0 Å². The Balaban J connectivity index is 2.26. The molecule has 0 aliphatic rings. The first-order valence-corrected chi connectivity index (χ1v) is 6.13. The second kappa shape index (κ2) is 7.42. The van der Waals surface area contributed by atoms with Crippen molar-refractivity contribution in [3.05, 3.63) is 35.4 Å². The molecule has 0 radical (unpaired) electrons. The van der Waals surface area contributed by atoms with Gasteiger partial charge in [-0.2, -0.15) is 0 Å². The van der Waals surface area contributed by atoms with E-state index in [9.17, 15) is 0 Å². The maximum absolute atomic E-state index is 5.47. The number of benzene rings is 1. The summed E-state index contributed by atoms with van der Waals surface area (Å²) >= 11 is 0. The maximum atomic E-state index is 5.47. The summed E-state index contributed by atoms with van der Waals surface area (Å²) in [6.07, 6.45) is 1.42. The van der Waals surface area contributed by atoms with Crippen molar-refractivity contribution < 1.29 is 4.74 Å². The van der Waals surface area contributed by atoms with E-state index in [4.69, 9.17) is 4.74 Å². The van der Waals surface area contributed by atoms with Crippen molar-refractivity contribution in [2.75, 3.05) is 13.2 Å². The summed E-state index contributed by atoms with van der Waals surface area (Å²) in [6.45, 7) is 8.95. The molecule has 2 heteroatoms. The Morgan fingerprint density at radius 1 is 1.19 bits per heavy atom. The number of hydrogen-bond donors (Lipinski definition) is 1. The summed E-state index contributed by atoms with van der Waals surface area (Å²) in [7, 11) is 0. The van der Waals surface area contributed by atoms with Crippen LogP contribution in [0.1, 0.15) is 31.9 Å². The molecule has 90 valence electrons. The highest BCUT2D eigenvalue weighted by Crippen LogP contribution is 2.08. The van der Waals surface area contributed by atoms with E-state index in [1.807, 2.05) is 0 Å². The highest BCUT2D eigenvalue weighted by Gasteiger charge is 1.98. The number of hydrogen-bond acceptors (Lipinski definition) is 2. The predicted octanol–water partition coefficient (Wildman–Crippen LogP) is 2.76. The molecule has 0 fully saturated rings. The third-order valence-electron chi connectivity index (χ3n) is 2.54. The van der Waals surface area contributed by atoms with Gasteiger partial charge in [-0.3, -0.25) is 0 Å². The summed E-state index contributed by atoms with van der Waals surface area (Å²) in [6, 6.07) is 8.59. The van der Waals surface area contributed by atoms with Crippen molar-refractivity contribution in [1.29, 1.82) is 0 Å². The van der Waals surface area contributed by atoms with Crippen LogP contribution in [0.25, 0.3) is 0 Å². The predicted molar refractivity (Wildman–Crippen MR) is 68.6 cm³/mol. The lowest BCUT2D eigenvalue weighted by atomic mass is 10.1. The quantitative estimate of drug-likeness (QED) is 0.715. The molecule has 0 aliphatic carbocycles. The maximum Gasteiger partial charge on any atom is 0.0594 e. The highest BCUT2D eigenvalue weighted by molar-refractivity contribution is 5.26. The Hall–Kier alpha value is -0.860. The Morgan fingerprint density at radius 2 is 1.88 bits per heavy atom. The van der Waals surface area contributed by atoms with Crippen LogP contribution in [-0.4, -0.2) is 19.3 Å². The van der Waals surface area contributed by atoms with Crippen molar-refractivity contribution >= 4 is 0 Å². The molecule has 0 heterocycles. The Bertz CT molecular complexity index is 297. The third kappa shape index (κ3) is 4.77. The zero-order valence-electron chi connectivity index (χ0n) is 10.6. The number of rotatable bonds is 7. The van der Waals surface area contributed by atoms with E-state index in [1.54, 1.807) is 0 Å². The van der Waals surface area contributed by atoms with Gasteiger partial charge in [-0.15, -0.1) is 0 Å². The van der Waals surface area contributed by atoms with Gasteiger partial charge in [0.15, 0.2) is 0 Å². The van der Waals surface area contributed by atoms with Gasteiger partial charge in [-0.1, -0.05) is 31.2 Å². The summed E-state index contributed by atoms with van der Waals surface area (Å²) in [5.41, 5.74) is 2.83. The highest BCUT2D eigenvalue weighted by atomic mass is 16.5. The molecule has 0 unspecified atom stereocenters. The molecule has 1 rings (SSSR count). The normalized spacial score (nSPS) is 11.0. The van der Waals surface area contributed by atoms with E-state index in [-0.39, 0.29) is 0 Å². The SMILES string of the molecule is CCc1ccccc1CNCCOC(C)C. The monoisotopic (exact) mass is 221 g/mol. The van der Waals surface area contributed by atoms with Crippen LogP contribution in [0, 0.1) is 0 Å². The number of ether oxygens (including phenoxy) is 1. The van der Waals surface area contributed by atoms with Gasteiger partial charge in [0.05, 0.1) is 12.7 Å². The van der Waals surface area contributed by atoms with Crippen molar-refractivity contribution in [1.82, 2.24) is 5.32 Å². The van der Waals surface area contributed by atoms with Crippen LogP contribution in [0.3, 0.4) is 0 Å². The number of nitrogens with one attached hydrogen (secondary N) is 1. The van der Waals surface area contributed by atoms with E-state index < -0.39 is 0 Å². The number of aryl methyl sites for hydroxylation is 1. The lowest BCUT2D eigenvalue weighted by Crippen LogP contribution is -2.21. The molecular weight excluding hydrogens is 198 g/mol. The van der Waals surface area contributed by atoms with Crippen LogP contribution in [0.4, 0.5) is 0 Å². The van der Waals surface area contributed by atoms with Crippen molar-refractivity contribution in [3.63, 3.8) is 0 Å². The van der Waals surface area contributed by atoms with Gasteiger partial charge < -0.3 is 10.1 Å². The Labute approximate surface area is 99.0 Å². The van der Waals surface area contributed by atoms with E-state index in [1.165, 1.54) is 11.1 Å². The van der Waals surface area contributed by atoms with Gasteiger partial charge in [-0.25, -0.2) is 0 Å². The molecule has 0 aliphatic heterocycles. The molecule has 1 N–H and O–H groups in total. The van der Waals surface area contributed by atoms with Gasteiger partial charge in [0.1, 0.15) is 0 Å². The molecule has 1 aromatic carbocycles. The van der Waals surface area contributed by atoms with Gasteiger partial charge in [0, 0.05) is 13.1 Å². The van der Waals surface area contributed by atoms with E-state index in [2.05, 4.69) is 50.4 Å². The van der Waals surface area contributed by atoms with Gasteiger partial charge in [0.25, 0.3) is 0 Å². The zero-order chi connectivity index (χ0) is 11.8. The largest absolute Gasteiger partial charge is 0.377 e. The minimum atomic E-state index is 0.324. The average Bonchev–Trinajstić information content (AvgIpc) is 2.29. The molecule has 0 aromatic heterocycles. The summed E-state index contributed by atoms with van der Waals surface area (Å²) in [5.74, 6) is 0. The minimum absolute atomic E-state index is 0.324. The first-order valence-electron chi connectivity index (χ1n) is 6.13. The van der Waals surface area contributed by atoms with E-state index in [0.717, 1.165) is 26.1 Å². The average molecular weight is 221 g/mol.